The van der Waals surface area contributed by atoms with Crippen LogP contribution in [0.25, 0.3) is 16.2 Å². The third kappa shape index (κ3) is 4.18. The Kier molecular flexibility index (Phi) is 5.49. The van der Waals surface area contributed by atoms with Gasteiger partial charge in [-0.1, -0.05) is 12.1 Å². The van der Waals surface area contributed by atoms with E-state index >= 15 is 0 Å². The van der Waals surface area contributed by atoms with Crippen molar-refractivity contribution >= 4 is 33.7 Å². The molecular weight excluding hydrogens is 402 g/mol. The summed E-state index contributed by atoms with van der Waals surface area (Å²) in [6.07, 6.45) is 3.91. The van der Waals surface area contributed by atoms with Gasteiger partial charge in [-0.15, -0.1) is 11.3 Å². The van der Waals surface area contributed by atoms with Crippen LogP contribution in [0.5, 0.6) is 11.5 Å². The SMILES string of the molecule is COc1cc(C(C)=O)ccc1OCC(=O)Nc1cccc(-c2cn3ccsc3n2)c1. The van der Waals surface area contributed by atoms with Crippen molar-refractivity contribution in [2.45, 2.75) is 6.92 Å². The van der Waals surface area contributed by atoms with Gasteiger partial charge in [0.15, 0.2) is 28.9 Å². The van der Waals surface area contributed by atoms with Crippen LogP contribution >= 0.6 is 11.3 Å². The van der Waals surface area contributed by atoms with Crippen LogP contribution in [0.4, 0.5) is 5.69 Å². The normalized spacial score (nSPS) is 10.7. The molecule has 152 valence electrons. The summed E-state index contributed by atoms with van der Waals surface area (Å²) in [6, 6.07) is 12.3. The first-order valence-electron chi connectivity index (χ1n) is 9.18. The molecule has 1 amide bonds. The molecule has 0 unspecified atom stereocenters. The molecule has 0 atom stereocenters. The van der Waals surface area contributed by atoms with Gasteiger partial charge in [0.1, 0.15) is 0 Å². The number of imidazole rings is 1. The minimum Gasteiger partial charge on any atom is -0.493 e. The first-order chi connectivity index (χ1) is 14.5. The molecule has 0 aliphatic rings. The molecule has 30 heavy (non-hydrogen) atoms. The molecule has 2 heterocycles. The van der Waals surface area contributed by atoms with Crippen molar-refractivity contribution < 1.29 is 19.1 Å². The molecule has 2 aromatic heterocycles. The molecule has 2 aromatic carbocycles. The summed E-state index contributed by atoms with van der Waals surface area (Å²) in [5.74, 6) is 0.410. The number of ether oxygens (including phenoxy) is 2. The number of rotatable bonds is 7. The average Bonchev–Trinajstić information content (AvgIpc) is 3.34. The smallest absolute Gasteiger partial charge is 0.262 e. The number of aromatic nitrogens is 2. The molecule has 0 spiro atoms. The van der Waals surface area contributed by atoms with Crippen LogP contribution < -0.4 is 14.8 Å². The van der Waals surface area contributed by atoms with E-state index in [0.717, 1.165) is 16.2 Å². The van der Waals surface area contributed by atoms with E-state index in [-0.39, 0.29) is 18.3 Å². The number of carbonyl (C=O) groups excluding carboxylic acids is 2. The monoisotopic (exact) mass is 421 g/mol. The van der Waals surface area contributed by atoms with Gasteiger partial charge < -0.3 is 14.8 Å². The molecule has 4 aromatic rings. The van der Waals surface area contributed by atoms with Crippen molar-refractivity contribution in [3.63, 3.8) is 0 Å². The maximum atomic E-state index is 12.4. The number of fused-ring (bicyclic) bond motifs is 1. The Balaban J connectivity index is 1.42. The highest BCUT2D eigenvalue weighted by atomic mass is 32.1. The second kappa shape index (κ2) is 8.38. The maximum absolute atomic E-state index is 12.4. The topological polar surface area (TPSA) is 81.9 Å². The van der Waals surface area contributed by atoms with Gasteiger partial charge in [-0.3, -0.25) is 14.0 Å². The van der Waals surface area contributed by atoms with E-state index in [9.17, 15) is 9.59 Å². The van der Waals surface area contributed by atoms with Crippen LogP contribution in [-0.2, 0) is 4.79 Å². The summed E-state index contributed by atoms with van der Waals surface area (Å²) in [5, 5.41) is 4.80. The van der Waals surface area contributed by atoms with E-state index in [4.69, 9.17) is 9.47 Å². The van der Waals surface area contributed by atoms with Gasteiger partial charge in [-0.05, 0) is 37.3 Å². The Morgan fingerprint density at radius 1 is 1.17 bits per heavy atom. The third-order valence-electron chi connectivity index (χ3n) is 4.46. The molecule has 7 nitrogen and oxygen atoms in total. The molecule has 0 saturated heterocycles. The molecule has 0 fully saturated rings. The number of hydrogen-bond acceptors (Lipinski definition) is 6. The minimum atomic E-state index is -0.310. The molecule has 0 bridgehead atoms. The predicted octanol–water partition coefficient (Wildman–Crippen LogP) is 4.29. The lowest BCUT2D eigenvalue weighted by atomic mass is 10.1. The number of anilines is 1. The first-order valence-corrected chi connectivity index (χ1v) is 10.1. The van der Waals surface area contributed by atoms with Gasteiger partial charge in [-0.2, -0.15) is 0 Å². The first kappa shape index (κ1) is 19.7. The number of ketones is 1. The standard InChI is InChI=1S/C22H19N3O4S/c1-14(26)15-6-7-19(20(11-15)28-2)29-13-21(27)23-17-5-3-4-16(10-17)18-12-25-8-9-30-22(25)24-18/h3-12H,13H2,1-2H3,(H,23,27). The highest BCUT2D eigenvalue weighted by Crippen LogP contribution is 2.28. The van der Waals surface area contributed by atoms with Gasteiger partial charge in [0.05, 0.1) is 12.8 Å². The van der Waals surface area contributed by atoms with E-state index in [2.05, 4.69) is 10.3 Å². The summed E-state index contributed by atoms with van der Waals surface area (Å²) in [5.41, 5.74) is 2.91. The number of thiazole rings is 1. The van der Waals surface area contributed by atoms with Crippen molar-refractivity contribution in [3.05, 3.63) is 65.8 Å². The Morgan fingerprint density at radius 3 is 2.80 bits per heavy atom. The summed E-state index contributed by atoms with van der Waals surface area (Å²) in [4.78, 5) is 29.4. The molecule has 0 saturated carbocycles. The summed E-state index contributed by atoms with van der Waals surface area (Å²) in [7, 11) is 1.48. The van der Waals surface area contributed by atoms with Crippen LogP contribution in [0.1, 0.15) is 17.3 Å². The fourth-order valence-corrected chi connectivity index (χ4v) is 3.67. The number of nitrogens with zero attached hydrogens (tertiary/aromatic N) is 2. The van der Waals surface area contributed by atoms with E-state index < -0.39 is 0 Å². The second-order valence-electron chi connectivity index (χ2n) is 6.56. The van der Waals surface area contributed by atoms with Gasteiger partial charge >= 0.3 is 0 Å². The molecule has 8 heteroatoms. The summed E-state index contributed by atoms with van der Waals surface area (Å²) in [6.45, 7) is 1.28. The van der Waals surface area contributed by atoms with Crippen molar-refractivity contribution in [1.29, 1.82) is 0 Å². The van der Waals surface area contributed by atoms with Crippen molar-refractivity contribution in [1.82, 2.24) is 9.38 Å². The van der Waals surface area contributed by atoms with Crippen LogP contribution in [0, 0.1) is 0 Å². The largest absolute Gasteiger partial charge is 0.493 e. The van der Waals surface area contributed by atoms with Crippen molar-refractivity contribution in [3.8, 4) is 22.8 Å². The second-order valence-corrected chi connectivity index (χ2v) is 7.43. The number of hydrogen-bond donors (Lipinski definition) is 1. The lowest BCUT2D eigenvalue weighted by Crippen LogP contribution is -2.20. The Bertz CT molecular complexity index is 1200. The Hall–Kier alpha value is -3.65. The van der Waals surface area contributed by atoms with E-state index in [1.807, 2.05) is 46.4 Å². The van der Waals surface area contributed by atoms with Crippen molar-refractivity contribution in [2.24, 2.45) is 0 Å². The lowest BCUT2D eigenvalue weighted by molar-refractivity contribution is -0.118. The fourth-order valence-electron chi connectivity index (χ4n) is 2.97. The van der Waals surface area contributed by atoms with Crippen LogP contribution in [0.15, 0.2) is 60.2 Å². The molecule has 0 aliphatic carbocycles. The predicted molar refractivity (Wildman–Crippen MR) is 116 cm³/mol. The molecule has 0 aliphatic heterocycles. The zero-order valence-corrected chi connectivity index (χ0v) is 17.2. The zero-order valence-electron chi connectivity index (χ0n) is 16.4. The highest BCUT2D eigenvalue weighted by molar-refractivity contribution is 7.15. The summed E-state index contributed by atoms with van der Waals surface area (Å²) >= 11 is 1.56. The number of benzene rings is 2. The third-order valence-corrected chi connectivity index (χ3v) is 5.23. The molecule has 0 radical (unpaired) electrons. The van der Waals surface area contributed by atoms with Gasteiger partial charge in [-0.25, -0.2) is 4.98 Å². The van der Waals surface area contributed by atoms with Crippen LogP contribution in [0.3, 0.4) is 0 Å². The van der Waals surface area contributed by atoms with Crippen LogP contribution in [0.2, 0.25) is 0 Å². The highest BCUT2D eigenvalue weighted by Gasteiger charge is 2.11. The quantitative estimate of drug-likeness (QED) is 0.450. The lowest BCUT2D eigenvalue weighted by Gasteiger charge is -2.12. The minimum absolute atomic E-state index is 0.0740. The van der Waals surface area contributed by atoms with Gasteiger partial charge in [0, 0.05) is 34.6 Å². The van der Waals surface area contributed by atoms with E-state index in [1.165, 1.54) is 14.0 Å². The zero-order chi connectivity index (χ0) is 21.1. The number of methoxy groups -OCH3 is 1. The number of nitrogens with one attached hydrogen (secondary N) is 1. The number of Topliss-reactive ketones (excluding diaryl/α,β-unsaturated/α-hetero) is 1. The van der Waals surface area contributed by atoms with Crippen LogP contribution in [-0.4, -0.2) is 34.8 Å². The van der Waals surface area contributed by atoms with Crippen molar-refractivity contribution in [2.75, 3.05) is 19.0 Å². The van der Waals surface area contributed by atoms with Gasteiger partial charge in [0.2, 0.25) is 0 Å². The number of carbonyl (C=O) groups is 2. The molecular formula is C22H19N3O4S. The molecule has 4 rings (SSSR count). The molecule has 1 N–H and O–H groups in total. The average molecular weight is 421 g/mol. The Labute approximate surface area is 176 Å². The van der Waals surface area contributed by atoms with Gasteiger partial charge in [0.25, 0.3) is 5.91 Å². The van der Waals surface area contributed by atoms with E-state index in [0.29, 0.717) is 22.7 Å². The Morgan fingerprint density at radius 2 is 2.03 bits per heavy atom. The number of amides is 1. The van der Waals surface area contributed by atoms with E-state index in [1.54, 1.807) is 29.5 Å². The fraction of sp³-hybridized carbons (Fsp3) is 0.136. The summed E-state index contributed by atoms with van der Waals surface area (Å²) < 4.78 is 12.8. The maximum Gasteiger partial charge on any atom is 0.262 e.